The molecule has 0 radical (unpaired) electrons. The van der Waals surface area contributed by atoms with E-state index in [1.165, 1.54) is 18.9 Å². The number of fused-ring (bicyclic) bond motifs is 1. The zero-order valence-electron chi connectivity index (χ0n) is 14.5. The van der Waals surface area contributed by atoms with Gasteiger partial charge in [0.2, 0.25) is 0 Å². The van der Waals surface area contributed by atoms with Gasteiger partial charge in [0.05, 0.1) is 22.5 Å². The number of H-pyrrole nitrogens is 1. The zero-order chi connectivity index (χ0) is 17.9. The summed E-state index contributed by atoms with van der Waals surface area (Å²) in [5.74, 6) is 0.866. The van der Waals surface area contributed by atoms with Crippen LogP contribution in [0, 0.1) is 10.1 Å². The van der Waals surface area contributed by atoms with Gasteiger partial charge in [-0.15, -0.1) is 0 Å². The molecule has 2 aromatic heterocycles. The quantitative estimate of drug-likeness (QED) is 0.543. The molecule has 4 rings (SSSR count). The fraction of sp³-hybridized carbons (Fsp3) is 0.368. The molecule has 7 heteroatoms. The first-order valence-electron chi connectivity index (χ1n) is 8.96. The van der Waals surface area contributed by atoms with Crippen LogP contribution in [0.2, 0.25) is 0 Å². The van der Waals surface area contributed by atoms with Crippen LogP contribution < -0.4 is 0 Å². The predicted octanol–water partition coefficient (Wildman–Crippen LogP) is 3.46. The zero-order valence-corrected chi connectivity index (χ0v) is 14.5. The lowest BCUT2D eigenvalue weighted by molar-refractivity contribution is -0.384. The van der Waals surface area contributed by atoms with Gasteiger partial charge in [-0.1, -0.05) is 6.07 Å². The van der Waals surface area contributed by atoms with Gasteiger partial charge in [0.25, 0.3) is 5.69 Å². The average molecular weight is 351 g/mol. The van der Waals surface area contributed by atoms with Crippen molar-refractivity contribution < 1.29 is 4.92 Å². The Morgan fingerprint density at radius 3 is 3.04 bits per heavy atom. The van der Waals surface area contributed by atoms with E-state index in [1.807, 2.05) is 18.3 Å². The number of non-ortho nitro benzene ring substituents is 1. The summed E-state index contributed by atoms with van der Waals surface area (Å²) in [5.41, 5.74) is 2.71. The Kier molecular flexibility index (Phi) is 4.62. The topological polar surface area (TPSA) is 87.9 Å². The lowest BCUT2D eigenvalue weighted by Crippen LogP contribution is -2.29. The van der Waals surface area contributed by atoms with E-state index < -0.39 is 0 Å². The molecule has 26 heavy (non-hydrogen) atoms. The first kappa shape index (κ1) is 16.7. The Morgan fingerprint density at radius 1 is 1.31 bits per heavy atom. The Hall–Kier alpha value is -2.80. The van der Waals surface area contributed by atoms with E-state index in [9.17, 15) is 10.1 Å². The highest BCUT2D eigenvalue weighted by Crippen LogP contribution is 2.25. The third kappa shape index (κ3) is 3.57. The smallest absolute Gasteiger partial charge is 0.271 e. The molecule has 134 valence electrons. The summed E-state index contributed by atoms with van der Waals surface area (Å²) in [6.45, 7) is 1.81. The molecule has 1 aliphatic rings. The SMILES string of the molecule is O=[N+]([O-])c1ccc2nc(CN3CCC[C@H]3CCc3ccccn3)[nH]c2c1. The number of hydrogen-bond donors (Lipinski definition) is 1. The Bertz CT molecular complexity index is 909. The highest BCUT2D eigenvalue weighted by molar-refractivity contribution is 5.77. The number of nitro groups is 1. The maximum Gasteiger partial charge on any atom is 0.271 e. The number of pyridine rings is 1. The number of nitrogens with zero attached hydrogens (tertiary/aromatic N) is 4. The van der Waals surface area contributed by atoms with Crippen molar-refractivity contribution in [3.63, 3.8) is 0 Å². The number of aromatic nitrogens is 3. The normalized spacial score (nSPS) is 17.8. The number of imidazole rings is 1. The molecule has 1 atom stereocenters. The van der Waals surface area contributed by atoms with Crippen LogP contribution in [0.25, 0.3) is 11.0 Å². The van der Waals surface area contributed by atoms with E-state index in [2.05, 4.69) is 25.9 Å². The lowest BCUT2D eigenvalue weighted by atomic mass is 10.1. The number of benzene rings is 1. The van der Waals surface area contributed by atoms with Crippen molar-refractivity contribution in [2.75, 3.05) is 6.54 Å². The number of aryl methyl sites for hydroxylation is 1. The Morgan fingerprint density at radius 2 is 2.23 bits per heavy atom. The van der Waals surface area contributed by atoms with Crippen molar-refractivity contribution in [3.05, 3.63) is 64.2 Å². The first-order valence-corrected chi connectivity index (χ1v) is 8.96. The molecule has 1 saturated heterocycles. The number of nitro benzene ring substituents is 1. The minimum absolute atomic E-state index is 0.0853. The maximum atomic E-state index is 10.9. The standard InChI is InChI=1S/C19H21N5O2/c25-24(26)16-8-9-17-18(12-16)22-19(21-17)13-23-11-3-5-15(23)7-6-14-4-1-2-10-20-14/h1-2,4,8-10,12,15H,3,5-7,11,13H2,(H,21,22)/t15-/m0/s1. The van der Waals surface area contributed by atoms with Crippen LogP contribution in [0.15, 0.2) is 42.6 Å². The van der Waals surface area contributed by atoms with Gasteiger partial charge in [0.15, 0.2) is 0 Å². The Balaban J connectivity index is 1.43. The van der Waals surface area contributed by atoms with Gasteiger partial charge in [0, 0.05) is 30.1 Å². The van der Waals surface area contributed by atoms with Gasteiger partial charge < -0.3 is 4.98 Å². The first-order chi connectivity index (χ1) is 12.7. The minimum Gasteiger partial charge on any atom is -0.341 e. The number of likely N-dealkylation sites (tertiary alicyclic amines) is 1. The van der Waals surface area contributed by atoms with Crippen LogP contribution in [0.5, 0.6) is 0 Å². The summed E-state index contributed by atoms with van der Waals surface area (Å²) in [7, 11) is 0. The van der Waals surface area contributed by atoms with Crippen molar-refractivity contribution in [2.24, 2.45) is 0 Å². The van der Waals surface area contributed by atoms with E-state index in [-0.39, 0.29) is 10.6 Å². The fourth-order valence-corrected chi connectivity index (χ4v) is 3.72. The molecule has 1 fully saturated rings. The fourth-order valence-electron chi connectivity index (χ4n) is 3.72. The summed E-state index contributed by atoms with van der Waals surface area (Å²) >= 11 is 0. The van der Waals surface area contributed by atoms with E-state index in [0.29, 0.717) is 6.04 Å². The van der Waals surface area contributed by atoms with Gasteiger partial charge in [0.1, 0.15) is 5.82 Å². The van der Waals surface area contributed by atoms with Crippen molar-refractivity contribution in [1.82, 2.24) is 19.9 Å². The number of aromatic amines is 1. The summed E-state index contributed by atoms with van der Waals surface area (Å²) in [6, 6.07) is 11.3. The van der Waals surface area contributed by atoms with Crippen molar-refractivity contribution in [2.45, 2.75) is 38.3 Å². The third-order valence-electron chi connectivity index (χ3n) is 5.04. The highest BCUT2D eigenvalue weighted by Gasteiger charge is 2.25. The van der Waals surface area contributed by atoms with Gasteiger partial charge in [-0.25, -0.2) is 4.98 Å². The minimum atomic E-state index is -0.381. The lowest BCUT2D eigenvalue weighted by Gasteiger charge is -2.23. The van der Waals surface area contributed by atoms with Crippen LogP contribution in [0.3, 0.4) is 0 Å². The second kappa shape index (κ2) is 7.21. The third-order valence-corrected chi connectivity index (χ3v) is 5.04. The molecule has 0 unspecified atom stereocenters. The maximum absolute atomic E-state index is 10.9. The molecule has 3 aromatic rings. The molecule has 0 spiro atoms. The molecule has 3 heterocycles. The van der Waals surface area contributed by atoms with Crippen LogP contribution in [-0.4, -0.2) is 37.4 Å². The van der Waals surface area contributed by atoms with E-state index >= 15 is 0 Å². The van der Waals surface area contributed by atoms with Gasteiger partial charge in [-0.3, -0.25) is 20.0 Å². The van der Waals surface area contributed by atoms with E-state index in [4.69, 9.17) is 0 Å². The number of nitrogens with one attached hydrogen (secondary N) is 1. The molecule has 0 amide bonds. The van der Waals surface area contributed by atoms with Crippen molar-refractivity contribution >= 4 is 16.7 Å². The summed E-state index contributed by atoms with van der Waals surface area (Å²) in [6.07, 6.45) is 6.30. The monoisotopic (exact) mass is 351 g/mol. The summed E-state index contributed by atoms with van der Waals surface area (Å²) in [4.78, 5) is 25.2. The van der Waals surface area contributed by atoms with Gasteiger partial charge in [-0.05, 0) is 50.4 Å². The molecule has 1 N–H and O–H groups in total. The van der Waals surface area contributed by atoms with E-state index in [1.54, 1.807) is 12.1 Å². The number of rotatable bonds is 6. The van der Waals surface area contributed by atoms with Gasteiger partial charge >= 0.3 is 0 Å². The number of hydrogen-bond acceptors (Lipinski definition) is 5. The molecule has 0 aliphatic carbocycles. The molecular formula is C19H21N5O2. The van der Waals surface area contributed by atoms with Crippen LogP contribution in [0.4, 0.5) is 5.69 Å². The molecule has 0 bridgehead atoms. The van der Waals surface area contributed by atoms with Crippen LogP contribution >= 0.6 is 0 Å². The molecule has 1 aliphatic heterocycles. The second-order valence-corrected chi connectivity index (χ2v) is 6.77. The average Bonchev–Trinajstić information content (AvgIpc) is 3.26. The van der Waals surface area contributed by atoms with Crippen molar-refractivity contribution in [3.8, 4) is 0 Å². The van der Waals surface area contributed by atoms with Crippen molar-refractivity contribution in [1.29, 1.82) is 0 Å². The van der Waals surface area contributed by atoms with Crippen LogP contribution in [0.1, 0.15) is 30.8 Å². The summed E-state index contributed by atoms with van der Waals surface area (Å²) in [5, 5.41) is 10.9. The largest absolute Gasteiger partial charge is 0.341 e. The summed E-state index contributed by atoms with van der Waals surface area (Å²) < 4.78 is 0. The predicted molar refractivity (Wildman–Crippen MR) is 98.7 cm³/mol. The van der Waals surface area contributed by atoms with Crippen LogP contribution in [-0.2, 0) is 13.0 Å². The van der Waals surface area contributed by atoms with E-state index in [0.717, 1.165) is 48.5 Å². The molecule has 1 aromatic carbocycles. The second-order valence-electron chi connectivity index (χ2n) is 6.77. The highest BCUT2D eigenvalue weighted by atomic mass is 16.6. The Labute approximate surface area is 151 Å². The van der Waals surface area contributed by atoms with Gasteiger partial charge in [-0.2, -0.15) is 0 Å². The molecule has 7 nitrogen and oxygen atoms in total. The molecule has 0 saturated carbocycles. The molecular weight excluding hydrogens is 330 g/mol.